The molecule has 1 fully saturated rings. The van der Waals surface area contributed by atoms with E-state index in [-0.39, 0.29) is 23.4 Å². The molecule has 0 N–H and O–H groups in total. The number of aryl methyl sites for hydroxylation is 1. The first-order chi connectivity index (χ1) is 28.2. The molecule has 328 valence electrons. The topological polar surface area (TPSA) is 96.0 Å². The molecule has 3 aromatic carbocycles. The van der Waals surface area contributed by atoms with Crippen LogP contribution < -0.4 is 9.64 Å². The van der Waals surface area contributed by atoms with E-state index in [4.69, 9.17) is 28.1 Å². The van der Waals surface area contributed by atoms with Crippen LogP contribution >= 0.6 is 0 Å². The highest BCUT2D eigenvalue weighted by atomic mass is 32.2. The Hall–Kier alpha value is -2.81. The molecule has 0 aliphatic carbocycles. The van der Waals surface area contributed by atoms with Crippen LogP contribution in [-0.2, 0) is 46.6 Å². The summed E-state index contributed by atoms with van der Waals surface area (Å²) < 4.78 is 68.2. The van der Waals surface area contributed by atoms with E-state index in [1.807, 2.05) is 25.1 Å². The third-order valence-electron chi connectivity index (χ3n) is 12.4. The number of nitrogens with zero attached hydrogens (tertiary/aromatic N) is 2. The molecule has 2 heterocycles. The van der Waals surface area contributed by atoms with Crippen LogP contribution in [0.5, 0.6) is 5.75 Å². The highest BCUT2D eigenvalue weighted by Gasteiger charge is 2.48. The van der Waals surface area contributed by atoms with Gasteiger partial charge in [-0.05, 0) is 77.3 Å². The molecule has 59 heavy (non-hydrogen) atoms. The number of anilines is 1. The second-order valence-electron chi connectivity index (χ2n) is 17.7. The van der Waals surface area contributed by atoms with Crippen LogP contribution in [0.2, 0.25) is 16.6 Å². The summed E-state index contributed by atoms with van der Waals surface area (Å²) in [6.07, 6.45) is 1.06. The molecule has 0 amide bonds. The van der Waals surface area contributed by atoms with Gasteiger partial charge in [-0.15, -0.1) is 0 Å². The lowest BCUT2D eigenvalue weighted by Gasteiger charge is -2.47. The highest BCUT2D eigenvalue weighted by Crippen LogP contribution is 2.44. The minimum atomic E-state index is -3.91. The molecule has 0 radical (unpaired) electrons. The summed E-state index contributed by atoms with van der Waals surface area (Å²) in [4.78, 5) is 2.64. The molecule has 4 atom stereocenters. The SMILES string of the molecule is COCCCN1CCOc2ccc(CO[C@H]3CN(S(=O)(=O)c4ccc(C)cc4)[C@H](CO[Si](C(C)C)(C(C)C)C(C)C)C[C@@H]3c3ccc(COC[C@@H](C)COC)cc3)cc21. The summed E-state index contributed by atoms with van der Waals surface area (Å²) >= 11 is 0. The maximum atomic E-state index is 14.8. The molecule has 12 heteroatoms. The number of rotatable bonds is 22. The van der Waals surface area contributed by atoms with E-state index in [1.54, 1.807) is 30.7 Å². The van der Waals surface area contributed by atoms with E-state index in [0.29, 0.717) is 75.2 Å². The average molecular weight is 853 g/mol. The van der Waals surface area contributed by atoms with Gasteiger partial charge in [0, 0.05) is 51.8 Å². The second-order valence-corrected chi connectivity index (χ2v) is 25.0. The standard InChI is InChI=1S/C47H72N2O8SSi/c1-34(2)59(35(3)4,36(5)6)57-33-42-27-44(41-17-14-39(15-18-41)31-54-30-38(8)29-53-10)47(28-49(42)58(50,51)43-19-12-37(7)13-20-43)56-32-40-16-21-46-45(26-40)48(23-25-55-46)22-11-24-52-9/h12-21,26,34-36,38,42,44,47H,11,22-25,27-33H2,1-10H3/t38-,42-,44+,47-/m0/s1. The molecule has 0 aromatic heterocycles. The van der Waals surface area contributed by atoms with E-state index >= 15 is 0 Å². The summed E-state index contributed by atoms with van der Waals surface area (Å²) in [5.74, 6) is 1.10. The van der Waals surface area contributed by atoms with Crippen molar-refractivity contribution in [1.29, 1.82) is 0 Å². The zero-order valence-electron chi connectivity index (χ0n) is 37.4. The Bertz CT molecular complexity index is 1820. The van der Waals surface area contributed by atoms with Gasteiger partial charge in [0.05, 0.1) is 56.3 Å². The minimum Gasteiger partial charge on any atom is -0.490 e. The molecular formula is C47H72N2O8SSi. The molecule has 2 aliphatic heterocycles. The Kier molecular flexibility index (Phi) is 17.5. The van der Waals surface area contributed by atoms with Crippen molar-refractivity contribution in [3.8, 4) is 5.75 Å². The third-order valence-corrected chi connectivity index (χ3v) is 20.4. The lowest BCUT2D eigenvalue weighted by molar-refractivity contribution is -0.0262. The van der Waals surface area contributed by atoms with Crippen molar-refractivity contribution in [1.82, 2.24) is 4.31 Å². The number of piperidine rings is 1. The van der Waals surface area contributed by atoms with Crippen LogP contribution in [0.1, 0.15) is 89.5 Å². The Morgan fingerprint density at radius 3 is 2.15 bits per heavy atom. The van der Waals surface area contributed by atoms with E-state index in [9.17, 15) is 8.42 Å². The van der Waals surface area contributed by atoms with Crippen LogP contribution in [0.4, 0.5) is 5.69 Å². The van der Waals surface area contributed by atoms with Crippen molar-refractivity contribution in [2.75, 3.05) is 71.8 Å². The maximum absolute atomic E-state index is 14.8. The molecule has 10 nitrogen and oxygen atoms in total. The normalized spacial score (nSPS) is 19.7. The lowest BCUT2D eigenvalue weighted by Crippen LogP contribution is -2.56. The number of methoxy groups -OCH3 is 2. The molecule has 0 bridgehead atoms. The monoisotopic (exact) mass is 852 g/mol. The molecular weight excluding hydrogens is 781 g/mol. The van der Waals surface area contributed by atoms with Gasteiger partial charge in [0.2, 0.25) is 10.0 Å². The van der Waals surface area contributed by atoms with Crippen LogP contribution in [0.25, 0.3) is 0 Å². The summed E-state index contributed by atoms with van der Waals surface area (Å²) in [5.41, 5.74) is 6.38. The lowest BCUT2D eigenvalue weighted by atomic mass is 9.84. The largest absolute Gasteiger partial charge is 0.490 e. The van der Waals surface area contributed by atoms with Crippen molar-refractivity contribution in [3.63, 3.8) is 0 Å². The predicted molar refractivity (Wildman–Crippen MR) is 240 cm³/mol. The smallest absolute Gasteiger partial charge is 0.243 e. The number of ether oxygens (including phenoxy) is 5. The fourth-order valence-electron chi connectivity index (χ4n) is 9.38. The van der Waals surface area contributed by atoms with Crippen LogP contribution in [-0.4, -0.2) is 100 Å². The molecule has 3 aromatic rings. The molecule has 5 rings (SSSR count). The van der Waals surface area contributed by atoms with Crippen LogP contribution in [0.3, 0.4) is 0 Å². The number of hydrogen-bond acceptors (Lipinski definition) is 9. The zero-order chi connectivity index (χ0) is 42.7. The summed E-state index contributed by atoms with van der Waals surface area (Å²) in [6, 6.07) is 21.7. The van der Waals surface area contributed by atoms with Gasteiger partial charge >= 0.3 is 0 Å². The van der Waals surface area contributed by atoms with Crippen molar-refractivity contribution >= 4 is 24.0 Å². The molecule has 0 spiro atoms. The summed E-state index contributed by atoms with van der Waals surface area (Å²) in [6.45, 7) is 23.4. The highest BCUT2D eigenvalue weighted by molar-refractivity contribution is 7.89. The predicted octanol–water partition coefficient (Wildman–Crippen LogP) is 9.35. The van der Waals surface area contributed by atoms with Gasteiger partial charge in [-0.3, -0.25) is 0 Å². The first-order valence-corrected chi connectivity index (χ1v) is 25.3. The molecule has 1 saturated heterocycles. The van der Waals surface area contributed by atoms with E-state index < -0.39 is 24.4 Å². The molecule has 0 unspecified atom stereocenters. The fraction of sp³-hybridized carbons (Fsp3) is 0.617. The van der Waals surface area contributed by atoms with Crippen molar-refractivity contribution < 1.29 is 36.5 Å². The Morgan fingerprint density at radius 1 is 0.831 bits per heavy atom. The average Bonchev–Trinajstić information content (AvgIpc) is 3.20. The van der Waals surface area contributed by atoms with E-state index in [2.05, 4.69) is 89.8 Å². The zero-order valence-corrected chi connectivity index (χ0v) is 39.3. The quantitative estimate of drug-likeness (QED) is 0.0724. The number of hydrogen-bond donors (Lipinski definition) is 0. The van der Waals surface area contributed by atoms with Crippen molar-refractivity contribution in [3.05, 3.63) is 89.0 Å². The molecule has 2 aliphatic rings. The van der Waals surface area contributed by atoms with Crippen LogP contribution in [0.15, 0.2) is 71.6 Å². The number of sulfonamides is 1. The number of benzene rings is 3. The van der Waals surface area contributed by atoms with Gasteiger partial charge in [-0.1, -0.05) is 96.5 Å². The Balaban J connectivity index is 1.49. The van der Waals surface area contributed by atoms with Crippen LogP contribution in [0, 0.1) is 12.8 Å². The Morgan fingerprint density at radius 2 is 1.51 bits per heavy atom. The van der Waals surface area contributed by atoms with E-state index in [0.717, 1.165) is 53.2 Å². The van der Waals surface area contributed by atoms with Gasteiger partial charge in [-0.25, -0.2) is 8.42 Å². The van der Waals surface area contributed by atoms with Gasteiger partial charge in [0.25, 0.3) is 0 Å². The second kappa shape index (κ2) is 21.8. The Labute approximate surface area is 357 Å². The third kappa shape index (κ3) is 11.8. The summed E-state index contributed by atoms with van der Waals surface area (Å²) in [5, 5.41) is 0. The summed E-state index contributed by atoms with van der Waals surface area (Å²) in [7, 11) is -2.79. The van der Waals surface area contributed by atoms with Gasteiger partial charge in [0.1, 0.15) is 12.4 Å². The van der Waals surface area contributed by atoms with E-state index in [1.165, 1.54) is 0 Å². The fourth-order valence-corrected chi connectivity index (χ4v) is 16.5. The molecule has 0 saturated carbocycles. The first-order valence-electron chi connectivity index (χ1n) is 21.7. The number of fused-ring (bicyclic) bond motifs is 1. The van der Waals surface area contributed by atoms with Crippen molar-refractivity contribution in [2.24, 2.45) is 5.92 Å². The first kappa shape index (κ1) is 47.2. The van der Waals surface area contributed by atoms with Gasteiger partial charge < -0.3 is 33.0 Å². The van der Waals surface area contributed by atoms with Gasteiger partial charge in [0.15, 0.2) is 8.32 Å². The van der Waals surface area contributed by atoms with Gasteiger partial charge in [-0.2, -0.15) is 4.31 Å². The minimum absolute atomic E-state index is 0.0792. The van der Waals surface area contributed by atoms with Crippen molar-refractivity contribution in [2.45, 2.75) is 121 Å². The maximum Gasteiger partial charge on any atom is 0.243 e.